The third-order valence-corrected chi connectivity index (χ3v) is 6.09. The van der Waals surface area contributed by atoms with Gasteiger partial charge in [0, 0.05) is 0 Å². The molecule has 1 heteroatoms. The largest absolute Gasteiger partial charge is 0.389 e. The maximum Gasteiger partial charge on any atom is 0.0753 e. The third-order valence-electron chi connectivity index (χ3n) is 6.09. The number of aliphatic hydroxyl groups is 1. The molecule has 0 saturated heterocycles. The van der Waals surface area contributed by atoms with Gasteiger partial charge in [0.1, 0.15) is 0 Å². The van der Waals surface area contributed by atoms with Crippen LogP contribution in [0.5, 0.6) is 0 Å². The van der Waals surface area contributed by atoms with Crippen LogP contribution < -0.4 is 0 Å². The molecule has 4 bridgehead atoms. The third kappa shape index (κ3) is 1.06. The van der Waals surface area contributed by atoms with E-state index in [4.69, 9.17) is 0 Å². The average molecular weight is 220 g/mol. The zero-order valence-electron chi connectivity index (χ0n) is 10.8. The number of rotatable bonds is 0. The molecule has 1 N–H and O–H groups in total. The Morgan fingerprint density at radius 3 is 2.56 bits per heavy atom. The second-order valence-corrected chi connectivity index (χ2v) is 7.28. The van der Waals surface area contributed by atoms with Crippen LogP contribution in [0.2, 0.25) is 0 Å². The lowest BCUT2D eigenvalue weighted by atomic mass is 9.37. The van der Waals surface area contributed by atoms with Crippen molar-refractivity contribution < 1.29 is 5.11 Å². The Morgan fingerprint density at radius 2 is 1.94 bits per heavy atom. The Morgan fingerprint density at radius 1 is 1.25 bits per heavy atom. The van der Waals surface area contributed by atoms with Gasteiger partial charge in [0.25, 0.3) is 0 Å². The van der Waals surface area contributed by atoms with E-state index in [9.17, 15) is 5.11 Å². The van der Waals surface area contributed by atoms with Crippen molar-refractivity contribution in [2.45, 2.75) is 52.6 Å². The Bertz CT molecular complexity index is 343. The van der Waals surface area contributed by atoms with Crippen LogP contribution in [0, 0.1) is 28.6 Å². The standard InChI is InChI=1S/C15H24O/c1-9-11(16)8-10-13-12(9)15(10,4)7-5-6-14(13,2)3/h10-13,16H,1,5-8H2,2-4H3. The van der Waals surface area contributed by atoms with Gasteiger partial charge in [0.2, 0.25) is 0 Å². The second-order valence-electron chi connectivity index (χ2n) is 7.28. The minimum absolute atomic E-state index is 0.215. The summed E-state index contributed by atoms with van der Waals surface area (Å²) in [6.07, 6.45) is 4.81. The fourth-order valence-corrected chi connectivity index (χ4v) is 5.26. The van der Waals surface area contributed by atoms with E-state index < -0.39 is 0 Å². The van der Waals surface area contributed by atoms with Crippen molar-refractivity contribution in [1.82, 2.24) is 0 Å². The molecule has 0 aromatic carbocycles. The van der Waals surface area contributed by atoms with E-state index in [1.165, 1.54) is 19.3 Å². The first kappa shape index (κ1) is 10.8. The molecular weight excluding hydrogens is 196 g/mol. The molecule has 5 atom stereocenters. The van der Waals surface area contributed by atoms with Gasteiger partial charge < -0.3 is 5.11 Å². The van der Waals surface area contributed by atoms with Gasteiger partial charge in [-0.25, -0.2) is 0 Å². The molecule has 5 unspecified atom stereocenters. The maximum atomic E-state index is 10.0. The van der Waals surface area contributed by atoms with Crippen molar-refractivity contribution in [3.63, 3.8) is 0 Å². The fourth-order valence-electron chi connectivity index (χ4n) is 5.26. The summed E-state index contributed by atoms with van der Waals surface area (Å²) in [7, 11) is 0. The molecule has 0 radical (unpaired) electrons. The van der Waals surface area contributed by atoms with Crippen molar-refractivity contribution in [2.75, 3.05) is 0 Å². The van der Waals surface area contributed by atoms with Gasteiger partial charge in [-0.3, -0.25) is 0 Å². The normalized spacial score (nSPS) is 54.1. The second kappa shape index (κ2) is 2.93. The summed E-state index contributed by atoms with van der Waals surface area (Å²) in [5.41, 5.74) is 2.06. The van der Waals surface area contributed by atoms with Crippen LogP contribution in [0.1, 0.15) is 46.5 Å². The summed E-state index contributed by atoms with van der Waals surface area (Å²) in [6.45, 7) is 11.5. The summed E-state index contributed by atoms with van der Waals surface area (Å²) in [5, 5.41) is 10.0. The van der Waals surface area contributed by atoms with Crippen molar-refractivity contribution in [2.24, 2.45) is 28.6 Å². The summed E-state index contributed by atoms with van der Waals surface area (Å²) < 4.78 is 0. The molecule has 0 spiro atoms. The van der Waals surface area contributed by atoms with E-state index in [0.29, 0.717) is 16.7 Å². The van der Waals surface area contributed by atoms with Crippen LogP contribution in [0.25, 0.3) is 0 Å². The summed E-state index contributed by atoms with van der Waals surface area (Å²) in [5.74, 6) is 2.13. The smallest absolute Gasteiger partial charge is 0.0753 e. The molecule has 4 fully saturated rings. The van der Waals surface area contributed by atoms with Crippen molar-refractivity contribution >= 4 is 0 Å². The van der Waals surface area contributed by atoms with Gasteiger partial charge in [-0.2, -0.15) is 0 Å². The Hall–Kier alpha value is -0.300. The number of hydrogen-bond donors (Lipinski definition) is 1. The van der Waals surface area contributed by atoms with Gasteiger partial charge in [0.15, 0.2) is 0 Å². The lowest BCUT2D eigenvalue weighted by Crippen LogP contribution is -2.64. The molecule has 0 heterocycles. The van der Waals surface area contributed by atoms with Crippen LogP contribution in [-0.4, -0.2) is 11.2 Å². The van der Waals surface area contributed by atoms with Crippen molar-refractivity contribution in [3.8, 4) is 0 Å². The van der Waals surface area contributed by atoms with E-state index in [-0.39, 0.29) is 6.10 Å². The van der Waals surface area contributed by atoms with E-state index in [1.54, 1.807) is 0 Å². The Balaban J connectivity index is 2.03. The molecule has 4 rings (SSSR count). The maximum absolute atomic E-state index is 10.0. The fraction of sp³-hybridized carbons (Fsp3) is 0.867. The highest BCUT2D eigenvalue weighted by atomic mass is 16.3. The van der Waals surface area contributed by atoms with Crippen LogP contribution in [-0.2, 0) is 0 Å². The minimum atomic E-state index is -0.215. The molecule has 16 heavy (non-hydrogen) atoms. The quantitative estimate of drug-likeness (QED) is 0.620. The molecule has 0 amide bonds. The number of aliphatic hydroxyl groups excluding tert-OH is 1. The van der Waals surface area contributed by atoms with Crippen molar-refractivity contribution in [1.29, 1.82) is 0 Å². The molecule has 90 valence electrons. The molecule has 4 saturated carbocycles. The predicted octanol–water partition coefficient (Wildman–Crippen LogP) is 3.39. The summed E-state index contributed by atoms with van der Waals surface area (Å²) >= 11 is 0. The highest BCUT2D eigenvalue weighted by molar-refractivity contribution is 5.29. The van der Waals surface area contributed by atoms with E-state index in [1.807, 2.05) is 0 Å². The first-order valence-electron chi connectivity index (χ1n) is 6.75. The Labute approximate surface area is 98.9 Å². The van der Waals surface area contributed by atoms with Gasteiger partial charge >= 0.3 is 0 Å². The summed E-state index contributed by atoms with van der Waals surface area (Å²) in [4.78, 5) is 0. The van der Waals surface area contributed by atoms with Crippen LogP contribution in [0.3, 0.4) is 0 Å². The molecule has 4 aliphatic rings. The van der Waals surface area contributed by atoms with E-state index in [2.05, 4.69) is 27.4 Å². The topological polar surface area (TPSA) is 20.2 Å². The predicted molar refractivity (Wildman–Crippen MR) is 66.0 cm³/mol. The minimum Gasteiger partial charge on any atom is -0.389 e. The monoisotopic (exact) mass is 220 g/mol. The van der Waals surface area contributed by atoms with Gasteiger partial charge in [0.05, 0.1) is 6.10 Å². The van der Waals surface area contributed by atoms with Gasteiger partial charge in [-0.05, 0) is 53.4 Å². The number of fused-ring (bicyclic) bond motifs is 2. The van der Waals surface area contributed by atoms with E-state index in [0.717, 1.165) is 23.8 Å². The Kier molecular flexibility index (Phi) is 1.98. The first-order chi connectivity index (χ1) is 7.38. The molecule has 0 aromatic rings. The zero-order chi connectivity index (χ0) is 11.7. The van der Waals surface area contributed by atoms with Gasteiger partial charge in [-0.1, -0.05) is 33.8 Å². The van der Waals surface area contributed by atoms with E-state index >= 15 is 0 Å². The molecule has 1 nitrogen and oxygen atoms in total. The van der Waals surface area contributed by atoms with Crippen LogP contribution >= 0.6 is 0 Å². The lowest BCUT2D eigenvalue weighted by Gasteiger charge is -2.68. The average Bonchev–Trinajstić information content (AvgIpc) is 2.34. The number of hydrogen-bond acceptors (Lipinski definition) is 1. The molecule has 0 aromatic heterocycles. The SMILES string of the molecule is C=C1C(O)CC2C3C1C2(C)CCCC3(C)C. The molecular formula is C15H24O. The summed E-state index contributed by atoms with van der Waals surface area (Å²) in [6, 6.07) is 0. The van der Waals surface area contributed by atoms with Crippen molar-refractivity contribution in [3.05, 3.63) is 12.2 Å². The zero-order valence-corrected chi connectivity index (χ0v) is 10.8. The molecule has 0 aliphatic heterocycles. The first-order valence-corrected chi connectivity index (χ1v) is 6.75. The van der Waals surface area contributed by atoms with Gasteiger partial charge in [-0.15, -0.1) is 0 Å². The highest BCUT2D eigenvalue weighted by Gasteiger charge is 2.67. The highest BCUT2D eigenvalue weighted by Crippen LogP contribution is 2.73. The van der Waals surface area contributed by atoms with Crippen LogP contribution in [0.4, 0.5) is 0 Å². The van der Waals surface area contributed by atoms with Crippen LogP contribution in [0.15, 0.2) is 12.2 Å². The molecule has 4 aliphatic carbocycles. The lowest BCUT2D eigenvalue weighted by molar-refractivity contribution is -0.176.